The van der Waals surface area contributed by atoms with Crippen LogP contribution < -0.4 is 4.72 Å². The summed E-state index contributed by atoms with van der Waals surface area (Å²) in [6.07, 6.45) is 1.36. The van der Waals surface area contributed by atoms with Crippen LogP contribution in [0.4, 0.5) is 0 Å². The first kappa shape index (κ1) is 17.9. The van der Waals surface area contributed by atoms with E-state index in [1.54, 1.807) is 35.7 Å². The van der Waals surface area contributed by atoms with E-state index in [-0.39, 0.29) is 21.4 Å². The Morgan fingerprint density at radius 3 is 2.32 bits per heavy atom. The first-order chi connectivity index (χ1) is 11.9. The molecule has 2 aromatic heterocycles. The molecule has 1 aromatic carbocycles. The fourth-order valence-corrected chi connectivity index (χ4v) is 6.08. The van der Waals surface area contributed by atoms with Gasteiger partial charge in [-0.2, -0.15) is 0 Å². The van der Waals surface area contributed by atoms with E-state index in [4.69, 9.17) is 4.42 Å². The van der Waals surface area contributed by atoms with E-state index in [1.807, 2.05) is 0 Å². The molecule has 1 atom stereocenters. The summed E-state index contributed by atoms with van der Waals surface area (Å²) in [5.41, 5.74) is 0. The van der Waals surface area contributed by atoms with Gasteiger partial charge in [0.2, 0.25) is 10.0 Å². The number of sulfone groups is 1. The van der Waals surface area contributed by atoms with Gasteiger partial charge < -0.3 is 4.42 Å². The minimum atomic E-state index is -3.83. The summed E-state index contributed by atoms with van der Waals surface area (Å²) in [6.45, 7) is -0.328. The smallest absolute Gasteiger partial charge is 0.250 e. The average Bonchev–Trinajstić information content (AvgIpc) is 3.30. The van der Waals surface area contributed by atoms with Crippen molar-refractivity contribution in [2.24, 2.45) is 0 Å². The minimum Gasteiger partial charge on any atom is -0.468 e. The molecule has 0 spiro atoms. The summed E-state index contributed by atoms with van der Waals surface area (Å²) in [4.78, 5) is 0.103. The predicted octanol–water partition coefficient (Wildman–Crippen LogP) is 2.83. The van der Waals surface area contributed by atoms with E-state index < -0.39 is 25.1 Å². The van der Waals surface area contributed by atoms with Crippen LogP contribution in [0.2, 0.25) is 0 Å². The molecule has 0 aliphatic carbocycles. The second-order valence-electron chi connectivity index (χ2n) is 5.15. The molecule has 0 radical (unpaired) electrons. The van der Waals surface area contributed by atoms with Gasteiger partial charge in [0.25, 0.3) is 0 Å². The lowest BCUT2D eigenvalue weighted by Gasteiger charge is -2.16. The third kappa shape index (κ3) is 3.84. The number of rotatable bonds is 7. The molecule has 3 aromatic rings. The van der Waals surface area contributed by atoms with E-state index in [0.717, 1.165) is 11.3 Å². The lowest BCUT2D eigenvalue weighted by molar-refractivity contribution is 0.487. The molecule has 0 saturated heterocycles. The molecule has 0 bridgehead atoms. The van der Waals surface area contributed by atoms with Crippen molar-refractivity contribution in [2.45, 2.75) is 14.4 Å². The summed E-state index contributed by atoms with van der Waals surface area (Å²) in [5, 5.41) is 0.471. The second-order valence-corrected chi connectivity index (χ2v) is 10.2. The second kappa shape index (κ2) is 7.12. The van der Waals surface area contributed by atoms with Crippen molar-refractivity contribution in [3.63, 3.8) is 0 Å². The fourth-order valence-electron chi connectivity index (χ4n) is 2.29. The maximum atomic E-state index is 12.9. The van der Waals surface area contributed by atoms with Crippen molar-refractivity contribution in [3.05, 3.63) is 72.0 Å². The van der Waals surface area contributed by atoms with Gasteiger partial charge in [0.05, 0.1) is 11.2 Å². The third-order valence-corrected chi connectivity index (χ3v) is 8.42. The number of benzene rings is 1. The zero-order valence-electron chi connectivity index (χ0n) is 12.9. The normalized spacial score (nSPS) is 13.6. The van der Waals surface area contributed by atoms with Crippen molar-refractivity contribution in [2.75, 3.05) is 6.54 Å². The molecule has 0 aliphatic rings. The van der Waals surface area contributed by atoms with Crippen LogP contribution in [0.3, 0.4) is 0 Å². The quantitative estimate of drug-likeness (QED) is 0.662. The largest absolute Gasteiger partial charge is 0.468 e. The van der Waals surface area contributed by atoms with Crippen LogP contribution in [0.15, 0.2) is 79.8 Å². The minimum absolute atomic E-state index is 0.103. The van der Waals surface area contributed by atoms with Crippen molar-refractivity contribution in [1.29, 1.82) is 0 Å². The van der Waals surface area contributed by atoms with E-state index in [0.29, 0.717) is 0 Å². The number of furan rings is 1. The van der Waals surface area contributed by atoms with Gasteiger partial charge in [-0.3, -0.25) is 0 Å². The average molecular weight is 397 g/mol. The predicted molar refractivity (Wildman–Crippen MR) is 94.6 cm³/mol. The van der Waals surface area contributed by atoms with Crippen molar-refractivity contribution >= 4 is 31.2 Å². The molecular formula is C16H15NO5S3. The molecule has 2 heterocycles. The number of nitrogens with one attached hydrogen (secondary N) is 1. The Balaban J connectivity index is 1.92. The van der Waals surface area contributed by atoms with Gasteiger partial charge in [0.15, 0.2) is 9.84 Å². The maximum Gasteiger partial charge on any atom is 0.250 e. The lowest BCUT2D eigenvalue weighted by atomic mass is 10.3. The Bertz CT molecular complexity index is 1010. The zero-order chi connectivity index (χ0) is 17.9. The molecule has 0 unspecified atom stereocenters. The van der Waals surface area contributed by atoms with Crippen LogP contribution in [0.5, 0.6) is 0 Å². The highest BCUT2D eigenvalue weighted by Gasteiger charge is 2.32. The summed E-state index contributed by atoms with van der Waals surface area (Å²) in [6, 6.07) is 14.0. The molecule has 1 N–H and O–H groups in total. The highest BCUT2D eigenvalue weighted by atomic mass is 32.2. The molecule has 9 heteroatoms. The third-order valence-electron chi connectivity index (χ3n) is 3.53. The van der Waals surface area contributed by atoms with Gasteiger partial charge in [-0.1, -0.05) is 24.3 Å². The summed E-state index contributed by atoms with van der Waals surface area (Å²) in [7, 11) is -7.62. The molecule has 0 fully saturated rings. The first-order valence-electron chi connectivity index (χ1n) is 7.27. The van der Waals surface area contributed by atoms with Gasteiger partial charge >= 0.3 is 0 Å². The summed E-state index contributed by atoms with van der Waals surface area (Å²) >= 11 is 1.06. The Hall–Kier alpha value is -1.94. The Morgan fingerprint density at radius 2 is 1.72 bits per heavy atom. The van der Waals surface area contributed by atoms with Crippen LogP contribution in [-0.4, -0.2) is 23.4 Å². The SMILES string of the molecule is O=S(=O)(NC[C@@H](c1ccco1)S(=O)(=O)c1ccccc1)c1cccs1. The topological polar surface area (TPSA) is 93.4 Å². The van der Waals surface area contributed by atoms with E-state index in [1.165, 1.54) is 30.5 Å². The molecule has 25 heavy (non-hydrogen) atoms. The van der Waals surface area contributed by atoms with E-state index >= 15 is 0 Å². The number of hydrogen-bond donors (Lipinski definition) is 1. The van der Waals surface area contributed by atoms with Gasteiger partial charge in [-0.05, 0) is 35.7 Å². The molecular weight excluding hydrogens is 382 g/mol. The standard InChI is InChI=1S/C16H15NO5S3/c18-24(19,13-6-2-1-3-7-13)15(14-8-4-10-22-14)12-17-25(20,21)16-9-5-11-23-16/h1-11,15,17H,12H2/t15-/m0/s1. The van der Waals surface area contributed by atoms with Gasteiger partial charge in [-0.25, -0.2) is 21.6 Å². The first-order valence-corrected chi connectivity index (χ1v) is 11.2. The fraction of sp³-hybridized carbons (Fsp3) is 0.125. The Labute approximate surface area is 150 Å². The van der Waals surface area contributed by atoms with Crippen LogP contribution in [-0.2, 0) is 19.9 Å². The molecule has 0 amide bonds. The van der Waals surface area contributed by atoms with Crippen molar-refractivity contribution in [1.82, 2.24) is 4.72 Å². The molecule has 6 nitrogen and oxygen atoms in total. The van der Waals surface area contributed by atoms with E-state index in [9.17, 15) is 16.8 Å². The zero-order valence-corrected chi connectivity index (χ0v) is 15.4. The number of hydrogen-bond acceptors (Lipinski definition) is 6. The van der Waals surface area contributed by atoms with Gasteiger partial charge in [0, 0.05) is 6.54 Å². The Kier molecular flexibility index (Phi) is 5.09. The molecule has 132 valence electrons. The summed E-state index contributed by atoms with van der Waals surface area (Å²) in [5.74, 6) is 0.178. The van der Waals surface area contributed by atoms with Gasteiger partial charge in [-0.15, -0.1) is 11.3 Å². The van der Waals surface area contributed by atoms with Crippen molar-refractivity contribution < 1.29 is 21.3 Å². The lowest BCUT2D eigenvalue weighted by Crippen LogP contribution is -2.31. The molecule has 3 rings (SSSR count). The highest BCUT2D eigenvalue weighted by molar-refractivity contribution is 7.92. The summed E-state index contributed by atoms with van der Waals surface area (Å²) < 4.78 is 58.2. The monoisotopic (exact) mass is 397 g/mol. The van der Waals surface area contributed by atoms with Crippen LogP contribution in [0, 0.1) is 0 Å². The molecule has 0 saturated carbocycles. The van der Waals surface area contributed by atoms with E-state index in [2.05, 4.69) is 4.72 Å². The number of sulfonamides is 1. The highest BCUT2D eigenvalue weighted by Crippen LogP contribution is 2.29. The van der Waals surface area contributed by atoms with Crippen LogP contribution in [0.1, 0.15) is 11.0 Å². The van der Waals surface area contributed by atoms with Crippen LogP contribution >= 0.6 is 11.3 Å². The number of thiophene rings is 1. The Morgan fingerprint density at radius 1 is 0.960 bits per heavy atom. The molecule has 0 aliphatic heterocycles. The van der Waals surface area contributed by atoms with Crippen LogP contribution in [0.25, 0.3) is 0 Å². The van der Waals surface area contributed by atoms with Crippen molar-refractivity contribution in [3.8, 4) is 0 Å². The van der Waals surface area contributed by atoms with Gasteiger partial charge in [0.1, 0.15) is 15.2 Å². The maximum absolute atomic E-state index is 12.9.